The Bertz CT molecular complexity index is 353. The van der Waals surface area contributed by atoms with Gasteiger partial charge < -0.3 is 15.4 Å². The van der Waals surface area contributed by atoms with Crippen LogP contribution in [0, 0.1) is 5.92 Å². The van der Waals surface area contributed by atoms with Crippen molar-refractivity contribution in [3.05, 3.63) is 22.4 Å². The standard InChI is InChI=1S/C11H16N2O2S/c1-13(4-8-2-3-16-7-8)11(14)9-5-15-6-10(9)12/h2-3,7,9-10H,4-6,12H2,1H3. The monoisotopic (exact) mass is 240 g/mol. The molecular weight excluding hydrogens is 224 g/mol. The minimum absolute atomic E-state index is 0.0798. The van der Waals surface area contributed by atoms with Gasteiger partial charge in [-0.1, -0.05) is 0 Å². The maximum atomic E-state index is 12.1. The highest BCUT2D eigenvalue weighted by Gasteiger charge is 2.33. The van der Waals surface area contributed by atoms with Gasteiger partial charge >= 0.3 is 0 Å². The number of hydrogen-bond acceptors (Lipinski definition) is 4. The lowest BCUT2D eigenvalue weighted by atomic mass is 10.0. The number of carbonyl (C=O) groups excluding carboxylic acids is 1. The molecule has 4 nitrogen and oxygen atoms in total. The SMILES string of the molecule is CN(Cc1ccsc1)C(=O)C1COCC1N. The van der Waals surface area contributed by atoms with Crippen LogP contribution < -0.4 is 5.73 Å². The predicted octanol–water partition coefficient (Wildman–Crippen LogP) is 0.680. The lowest BCUT2D eigenvalue weighted by Crippen LogP contribution is -2.41. The Morgan fingerprint density at radius 1 is 1.69 bits per heavy atom. The second kappa shape index (κ2) is 4.95. The number of nitrogens with two attached hydrogens (primary N) is 1. The number of amides is 1. The van der Waals surface area contributed by atoms with Crippen LogP contribution in [0.4, 0.5) is 0 Å². The van der Waals surface area contributed by atoms with Crippen LogP contribution in [-0.2, 0) is 16.1 Å². The first-order valence-corrected chi connectivity index (χ1v) is 6.22. The smallest absolute Gasteiger partial charge is 0.229 e. The van der Waals surface area contributed by atoms with Gasteiger partial charge in [-0.05, 0) is 22.4 Å². The van der Waals surface area contributed by atoms with Gasteiger partial charge in [0.1, 0.15) is 0 Å². The van der Waals surface area contributed by atoms with E-state index in [1.807, 2.05) is 18.5 Å². The molecule has 1 aromatic rings. The van der Waals surface area contributed by atoms with Crippen molar-refractivity contribution in [1.82, 2.24) is 4.90 Å². The molecule has 0 aliphatic carbocycles. The van der Waals surface area contributed by atoms with E-state index in [9.17, 15) is 4.79 Å². The fourth-order valence-electron chi connectivity index (χ4n) is 1.84. The second-order valence-corrected chi connectivity index (χ2v) is 4.91. The lowest BCUT2D eigenvalue weighted by molar-refractivity contribution is -0.135. The molecule has 0 radical (unpaired) electrons. The molecule has 1 fully saturated rings. The molecule has 16 heavy (non-hydrogen) atoms. The van der Waals surface area contributed by atoms with Crippen LogP contribution in [0.1, 0.15) is 5.56 Å². The quantitative estimate of drug-likeness (QED) is 0.845. The summed E-state index contributed by atoms with van der Waals surface area (Å²) in [7, 11) is 1.81. The molecule has 1 amide bonds. The van der Waals surface area contributed by atoms with Gasteiger partial charge in [-0.3, -0.25) is 4.79 Å². The van der Waals surface area contributed by atoms with E-state index in [1.165, 1.54) is 0 Å². The third-order valence-electron chi connectivity index (χ3n) is 2.82. The molecule has 1 saturated heterocycles. The fraction of sp³-hybridized carbons (Fsp3) is 0.545. The third kappa shape index (κ3) is 2.42. The van der Waals surface area contributed by atoms with Crippen molar-refractivity contribution in [3.8, 4) is 0 Å². The first kappa shape index (κ1) is 11.6. The number of thiophene rings is 1. The molecule has 0 bridgehead atoms. The Labute approximate surface area is 99.0 Å². The highest BCUT2D eigenvalue weighted by Crippen LogP contribution is 2.16. The zero-order chi connectivity index (χ0) is 11.5. The van der Waals surface area contributed by atoms with Crippen molar-refractivity contribution in [2.24, 2.45) is 11.7 Å². The van der Waals surface area contributed by atoms with Gasteiger partial charge in [-0.15, -0.1) is 0 Å². The van der Waals surface area contributed by atoms with Crippen LogP contribution in [0.25, 0.3) is 0 Å². The molecule has 0 aromatic carbocycles. The molecule has 2 atom stereocenters. The van der Waals surface area contributed by atoms with Crippen LogP contribution in [-0.4, -0.2) is 37.1 Å². The average Bonchev–Trinajstić information content (AvgIpc) is 2.88. The highest BCUT2D eigenvalue weighted by atomic mass is 32.1. The van der Waals surface area contributed by atoms with E-state index in [4.69, 9.17) is 10.5 Å². The Balaban J connectivity index is 1.94. The molecule has 5 heteroatoms. The van der Waals surface area contributed by atoms with Gasteiger partial charge in [0.2, 0.25) is 5.91 Å². The maximum Gasteiger partial charge on any atom is 0.229 e. The molecule has 1 aliphatic heterocycles. The van der Waals surface area contributed by atoms with Crippen molar-refractivity contribution in [2.75, 3.05) is 20.3 Å². The van der Waals surface area contributed by atoms with Crippen LogP contribution in [0.15, 0.2) is 16.8 Å². The van der Waals surface area contributed by atoms with Crippen molar-refractivity contribution in [2.45, 2.75) is 12.6 Å². The van der Waals surface area contributed by atoms with Gasteiger partial charge in [-0.25, -0.2) is 0 Å². The Morgan fingerprint density at radius 2 is 2.50 bits per heavy atom. The number of rotatable bonds is 3. The summed E-state index contributed by atoms with van der Waals surface area (Å²) in [5.41, 5.74) is 6.98. The summed E-state index contributed by atoms with van der Waals surface area (Å²) in [5.74, 6) is -0.0974. The Hall–Kier alpha value is -0.910. The summed E-state index contributed by atoms with van der Waals surface area (Å²) in [6.45, 7) is 1.59. The number of hydrogen-bond donors (Lipinski definition) is 1. The molecular formula is C11H16N2O2S. The summed E-state index contributed by atoms with van der Waals surface area (Å²) in [4.78, 5) is 13.8. The molecule has 1 aliphatic rings. The zero-order valence-electron chi connectivity index (χ0n) is 9.26. The normalized spacial score (nSPS) is 24.6. The molecule has 1 aromatic heterocycles. The summed E-state index contributed by atoms with van der Waals surface area (Å²) in [6.07, 6.45) is 0. The highest BCUT2D eigenvalue weighted by molar-refractivity contribution is 7.07. The van der Waals surface area contributed by atoms with E-state index in [0.29, 0.717) is 19.8 Å². The molecule has 0 spiro atoms. The van der Waals surface area contributed by atoms with Crippen molar-refractivity contribution < 1.29 is 9.53 Å². The zero-order valence-corrected chi connectivity index (χ0v) is 10.1. The fourth-order valence-corrected chi connectivity index (χ4v) is 2.50. The predicted molar refractivity (Wildman–Crippen MR) is 63.1 cm³/mol. The number of ether oxygens (including phenoxy) is 1. The molecule has 2 N–H and O–H groups in total. The lowest BCUT2D eigenvalue weighted by Gasteiger charge is -2.21. The van der Waals surface area contributed by atoms with Gasteiger partial charge in [0.05, 0.1) is 19.1 Å². The van der Waals surface area contributed by atoms with Gasteiger partial charge in [0, 0.05) is 19.6 Å². The molecule has 2 heterocycles. The van der Waals surface area contributed by atoms with Crippen molar-refractivity contribution >= 4 is 17.2 Å². The second-order valence-electron chi connectivity index (χ2n) is 4.13. The summed E-state index contributed by atoms with van der Waals surface area (Å²) in [6, 6.07) is 1.87. The van der Waals surface area contributed by atoms with Gasteiger partial charge in [0.15, 0.2) is 0 Å². The number of nitrogens with zero attached hydrogens (tertiary/aromatic N) is 1. The minimum atomic E-state index is -0.177. The van der Waals surface area contributed by atoms with Gasteiger partial charge in [-0.2, -0.15) is 11.3 Å². The molecule has 2 unspecified atom stereocenters. The van der Waals surface area contributed by atoms with Crippen molar-refractivity contribution in [3.63, 3.8) is 0 Å². The third-order valence-corrected chi connectivity index (χ3v) is 3.55. The van der Waals surface area contributed by atoms with E-state index >= 15 is 0 Å². The Morgan fingerprint density at radius 3 is 3.06 bits per heavy atom. The summed E-state index contributed by atoms with van der Waals surface area (Å²) >= 11 is 1.64. The van der Waals surface area contributed by atoms with Crippen LogP contribution in [0.2, 0.25) is 0 Å². The van der Waals surface area contributed by atoms with E-state index < -0.39 is 0 Å². The summed E-state index contributed by atoms with van der Waals surface area (Å²) in [5, 5.41) is 4.06. The molecule has 88 valence electrons. The molecule has 0 saturated carbocycles. The first-order chi connectivity index (χ1) is 7.68. The topological polar surface area (TPSA) is 55.6 Å². The maximum absolute atomic E-state index is 12.1. The van der Waals surface area contributed by atoms with E-state index in [1.54, 1.807) is 16.2 Å². The number of carbonyl (C=O) groups is 1. The van der Waals surface area contributed by atoms with E-state index in [0.717, 1.165) is 5.56 Å². The minimum Gasteiger partial charge on any atom is -0.379 e. The largest absolute Gasteiger partial charge is 0.379 e. The van der Waals surface area contributed by atoms with Crippen LogP contribution in [0.5, 0.6) is 0 Å². The van der Waals surface area contributed by atoms with Crippen LogP contribution in [0.3, 0.4) is 0 Å². The van der Waals surface area contributed by atoms with E-state index in [2.05, 4.69) is 5.38 Å². The van der Waals surface area contributed by atoms with Crippen molar-refractivity contribution in [1.29, 1.82) is 0 Å². The van der Waals surface area contributed by atoms with E-state index in [-0.39, 0.29) is 17.9 Å². The average molecular weight is 240 g/mol. The summed E-state index contributed by atoms with van der Waals surface area (Å²) < 4.78 is 5.21. The molecule has 2 rings (SSSR count). The first-order valence-electron chi connectivity index (χ1n) is 5.28. The Kier molecular flexibility index (Phi) is 3.58. The van der Waals surface area contributed by atoms with Crippen LogP contribution >= 0.6 is 11.3 Å². The van der Waals surface area contributed by atoms with Gasteiger partial charge in [0.25, 0.3) is 0 Å².